The Morgan fingerprint density at radius 3 is 2.48 bits per heavy atom. The zero-order chi connectivity index (χ0) is 17.9. The van der Waals surface area contributed by atoms with Gasteiger partial charge in [-0.3, -0.25) is 4.79 Å². The van der Waals surface area contributed by atoms with E-state index in [1.165, 1.54) is 0 Å². The Morgan fingerprint density at radius 1 is 1.12 bits per heavy atom. The summed E-state index contributed by atoms with van der Waals surface area (Å²) in [5.74, 6) is 0.741. The number of carbonyl (C=O) groups is 1. The number of carbonyl (C=O) groups excluding carboxylic acids is 1. The predicted molar refractivity (Wildman–Crippen MR) is 99.3 cm³/mol. The van der Waals surface area contributed by atoms with E-state index in [1.54, 1.807) is 13.0 Å². The highest BCUT2D eigenvalue weighted by molar-refractivity contribution is 5.80. The maximum absolute atomic E-state index is 12.0. The summed E-state index contributed by atoms with van der Waals surface area (Å²) in [6.07, 6.45) is 2.05. The lowest BCUT2D eigenvalue weighted by Crippen LogP contribution is -2.34. The standard InChI is InChI=1S/C21H25NO3/c1-3-4-14-24-17(2)21(23)22-15-18-10-12-19(13-11-18)16-25-20-8-6-5-7-9-20/h3,5-13,17H,1,4,14-16H2,2H3,(H,22,23). The van der Waals surface area contributed by atoms with Crippen LogP contribution in [-0.2, 0) is 22.7 Å². The molecule has 25 heavy (non-hydrogen) atoms. The largest absolute Gasteiger partial charge is 0.489 e. The van der Waals surface area contributed by atoms with Crippen molar-refractivity contribution in [2.75, 3.05) is 6.61 Å². The molecule has 1 N–H and O–H groups in total. The van der Waals surface area contributed by atoms with E-state index in [1.807, 2.05) is 54.6 Å². The van der Waals surface area contributed by atoms with Gasteiger partial charge >= 0.3 is 0 Å². The van der Waals surface area contributed by atoms with Crippen LogP contribution in [0.5, 0.6) is 5.75 Å². The third-order valence-electron chi connectivity index (χ3n) is 3.70. The summed E-state index contributed by atoms with van der Waals surface area (Å²) in [6.45, 7) is 6.89. The number of ether oxygens (including phenoxy) is 2. The fourth-order valence-corrected chi connectivity index (χ4v) is 2.17. The molecule has 1 atom stereocenters. The highest BCUT2D eigenvalue weighted by Gasteiger charge is 2.12. The van der Waals surface area contributed by atoms with Gasteiger partial charge in [-0.15, -0.1) is 6.58 Å². The predicted octanol–water partition coefficient (Wildman–Crippen LogP) is 3.86. The van der Waals surface area contributed by atoms with Crippen molar-refractivity contribution < 1.29 is 14.3 Å². The van der Waals surface area contributed by atoms with E-state index in [0.717, 1.165) is 23.3 Å². The van der Waals surface area contributed by atoms with Crippen LogP contribution in [0.3, 0.4) is 0 Å². The van der Waals surface area contributed by atoms with Crippen molar-refractivity contribution in [3.05, 3.63) is 78.4 Å². The third-order valence-corrected chi connectivity index (χ3v) is 3.70. The highest BCUT2D eigenvalue weighted by Crippen LogP contribution is 2.12. The van der Waals surface area contributed by atoms with Crippen molar-refractivity contribution >= 4 is 5.91 Å². The summed E-state index contributed by atoms with van der Waals surface area (Å²) in [5, 5.41) is 2.88. The van der Waals surface area contributed by atoms with Gasteiger partial charge in [-0.05, 0) is 36.6 Å². The van der Waals surface area contributed by atoms with Crippen LogP contribution in [0.25, 0.3) is 0 Å². The number of amides is 1. The lowest BCUT2D eigenvalue weighted by Gasteiger charge is -2.13. The molecule has 0 spiro atoms. The van der Waals surface area contributed by atoms with Gasteiger partial charge in [0.1, 0.15) is 18.5 Å². The molecule has 4 nitrogen and oxygen atoms in total. The molecule has 0 aliphatic carbocycles. The van der Waals surface area contributed by atoms with Crippen molar-refractivity contribution in [3.8, 4) is 5.75 Å². The van der Waals surface area contributed by atoms with Crippen molar-refractivity contribution in [2.24, 2.45) is 0 Å². The normalized spacial score (nSPS) is 11.6. The second kappa shape index (κ2) is 10.3. The minimum Gasteiger partial charge on any atom is -0.489 e. The summed E-state index contributed by atoms with van der Waals surface area (Å²) in [4.78, 5) is 12.0. The van der Waals surface area contributed by atoms with Crippen LogP contribution >= 0.6 is 0 Å². The minimum atomic E-state index is -0.460. The quantitative estimate of drug-likeness (QED) is 0.528. The first-order chi connectivity index (χ1) is 12.2. The zero-order valence-corrected chi connectivity index (χ0v) is 14.6. The third kappa shape index (κ3) is 6.81. The molecule has 2 aromatic rings. The van der Waals surface area contributed by atoms with E-state index in [4.69, 9.17) is 9.47 Å². The maximum Gasteiger partial charge on any atom is 0.249 e. The molecule has 4 heteroatoms. The average molecular weight is 339 g/mol. The summed E-state index contributed by atoms with van der Waals surface area (Å²) < 4.78 is 11.1. The first-order valence-corrected chi connectivity index (χ1v) is 8.45. The topological polar surface area (TPSA) is 47.6 Å². The van der Waals surface area contributed by atoms with Crippen LogP contribution in [0, 0.1) is 0 Å². The average Bonchev–Trinajstić information content (AvgIpc) is 2.66. The Morgan fingerprint density at radius 2 is 1.80 bits per heavy atom. The van der Waals surface area contributed by atoms with Crippen LogP contribution in [0.1, 0.15) is 24.5 Å². The van der Waals surface area contributed by atoms with Crippen LogP contribution in [0.15, 0.2) is 67.3 Å². The molecular formula is C21H25NO3. The summed E-state index contributed by atoms with van der Waals surface area (Å²) in [7, 11) is 0. The molecule has 0 saturated heterocycles. The molecule has 0 heterocycles. The second-order valence-electron chi connectivity index (χ2n) is 5.73. The Labute approximate surface area is 149 Å². The Hall–Kier alpha value is -2.59. The number of hydrogen-bond donors (Lipinski definition) is 1. The molecule has 0 radical (unpaired) electrons. The fourth-order valence-electron chi connectivity index (χ4n) is 2.17. The monoisotopic (exact) mass is 339 g/mol. The van der Waals surface area contributed by atoms with E-state index < -0.39 is 6.10 Å². The molecule has 0 aliphatic heterocycles. The zero-order valence-electron chi connectivity index (χ0n) is 14.6. The first-order valence-electron chi connectivity index (χ1n) is 8.45. The van der Waals surface area contributed by atoms with Gasteiger partial charge in [0, 0.05) is 6.54 Å². The van der Waals surface area contributed by atoms with E-state index in [2.05, 4.69) is 11.9 Å². The van der Waals surface area contributed by atoms with Gasteiger partial charge in [-0.25, -0.2) is 0 Å². The lowest BCUT2D eigenvalue weighted by atomic mass is 10.1. The van der Waals surface area contributed by atoms with Gasteiger partial charge in [0.05, 0.1) is 6.61 Å². The SMILES string of the molecule is C=CCCOC(C)C(=O)NCc1ccc(COc2ccccc2)cc1. The van der Waals surface area contributed by atoms with Gasteiger partial charge in [0.2, 0.25) is 5.91 Å². The number of hydrogen-bond acceptors (Lipinski definition) is 3. The number of nitrogens with one attached hydrogen (secondary N) is 1. The van der Waals surface area contributed by atoms with Crippen LogP contribution in [0.2, 0.25) is 0 Å². The Kier molecular flexibility index (Phi) is 7.73. The number of rotatable bonds is 10. The van der Waals surface area contributed by atoms with Gasteiger partial charge in [-0.2, -0.15) is 0 Å². The Bertz CT molecular complexity index is 653. The second-order valence-corrected chi connectivity index (χ2v) is 5.73. The molecule has 2 rings (SSSR count). The molecule has 1 unspecified atom stereocenters. The van der Waals surface area contributed by atoms with Crippen LogP contribution < -0.4 is 10.1 Å². The van der Waals surface area contributed by atoms with Crippen molar-refractivity contribution in [2.45, 2.75) is 32.6 Å². The van der Waals surface area contributed by atoms with Gasteiger partial charge in [0.15, 0.2) is 0 Å². The molecule has 2 aromatic carbocycles. The van der Waals surface area contributed by atoms with Crippen LogP contribution in [0.4, 0.5) is 0 Å². The van der Waals surface area contributed by atoms with E-state index >= 15 is 0 Å². The maximum atomic E-state index is 12.0. The molecular weight excluding hydrogens is 314 g/mol. The van der Waals surface area contributed by atoms with Gasteiger partial charge < -0.3 is 14.8 Å². The van der Waals surface area contributed by atoms with E-state index in [9.17, 15) is 4.79 Å². The lowest BCUT2D eigenvalue weighted by molar-refractivity contribution is -0.131. The van der Waals surface area contributed by atoms with Gasteiger partial charge in [0.25, 0.3) is 0 Å². The molecule has 0 saturated carbocycles. The number of benzene rings is 2. The summed E-state index contributed by atoms with van der Waals surface area (Å²) in [5.41, 5.74) is 2.12. The van der Waals surface area contributed by atoms with Crippen molar-refractivity contribution in [1.82, 2.24) is 5.32 Å². The fraction of sp³-hybridized carbons (Fsp3) is 0.286. The smallest absolute Gasteiger partial charge is 0.249 e. The van der Waals surface area contributed by atoms with Crippen molar-refractivity contribution in [3.63, 3.8) is 0 Å². The van der Waals surface area contributed by atoms with E-state index in [0.29, 0.717) is 19.8 Å². The summed E-state index contributed by atoms with van der Waals surface area (Å²) >= 11 is 0. The summed E-state index contributed by atoms with van der Waals surface area (Å²) in [6, 6.07) is 17.7. The highest BCUT2D eigenvalue weighted by atomic mass is 16.5. The minimum absolute atomic E-state index is 0.111. The molecule has 0 fully saturated rings. The number of para-hydroxylation sites is 1. The van der Waals surface area contributed by atoms with Gasteiger partial charge in [-0.1, -0.05) is 48.5 Å². The van der Waals surface area contributed by atoms with E-state index in [-0.39, 0.29) is 5.91 Å². The first kappa shape index (κ1) is 18.7. The van der Waals surface area contributed by atoms with Crippen LogP contribution in [-0.4, -0.2) is 18.6 Å². The molecule has 1 amide bonds. The molecule has 0 aliphatic rings. The molecule has 132 valence electrons. The molecule has 0 bridgehead atoms. The van der Waals surface area contributed by atoms with Crippen molar-refractivity contribution in [1.29, 1.82) is 0 Å². The Balaban J connectivity index is 1.74. The molecule has 0 aromatic heterocycles.